The molecular formula is C33H34N2O7S. The highest BCUT2D eigenvalue weighted by Crippen LogP contribution is 2.46. The number of benzene rings is 3. The van der Waals surface area contributed by atoms with E-state index in [0.717, 1.165) is 17.5 Å². The van der Waals surface area contributed by atoms with Crippen molar-refractivity contribution in [3.05, 3.63) is 77.4 Å². The van der Waals surface area contributed by atoms with Crippen LogP contribution >= 0.6 is 11.3 Å². The number of methoxy groups -OCH3 is 1. The summed E-state index contributed by atoms with van der Waals surface area (Å²) >= 11 is 1.26. The van der Waals surface area contributed by atoms with Gasteiger partial charge in [-0.25, -0.2) is 4.98 Å². The molecule has 0 radical (unpaired) electrons. The molecule has 4 aromatic rings. The lowest BCUT2D eigenvalue weighted by Crippen LogP contribution is -2.29. The van der Waals surface area contributed by atoms with E-state index in [0.29, 0.717) is 64.6 Å². The van der Waals surface area contributed by atoms with Crippen molar-refractivity contribution in [1.82, 2.24) is 4.98 Å². The zero-order chi connectivity index (χ0) is 30.5. The molecule has 1 aromatic heterocycles. The van der Waals surface area contributed by atoms with Crippen molar-refractivity contribution < 1.29 is 33.6 Å². The Morgan fingerprint density at radius 3 is 2.30 bits per heavy atom. The van der Waals surface area contributed by atoms with Gasteiger partial charge in [0.15, 0.2) is 16.6 Å². The smallest absolute Gasteiger partial charge is 0.301 e. The summed E-state index contributed by atoms with van der Waals surface area (Å²) < 4.78 is 23.6. The van der Waals surface area contributed by atoms with Crippen LogP contribution in [0.1, 0.15) is 50.8 Å². The Morgan fingerprint density at radius 2 is 1.60 bits per heavy atom. The Kier molecular flexibility index (Phi) is 9.16. The number of carbonyl (C=O) groups excluding carboxylic acids is 2. The minimum atomic E-state index is -0.974. The van der Waals surface area contributed by atoms with Crippen LogP contribution in [0.3, 0.4) is 0 Å². The van der Waals surface area contributed by atoms with Crippen molar-refractivity contribution >= 4 is 44.1 Å². The van der Waals surface area contributed by atoms with Gasteiger partial charge in [0, 0.05) is 5.56 Å². The molecule has 10 heteroatoms. The molecule has 1 unspecified atom stereocenters. The fourth-order valence-electron chi connectivity index (χ4n) is 4.85. The molecule has 0 aliphatic carbocycles. The highest BCUT2D eigenvalue weighted by atomic mass is 32.1. The molecule has 1 fully saturated rings. The second kappa shape index (κ2) is 13.2. The van der Waals surface area contributed by atoms with Gasteiger partial charge in [0.25, 0.3) is 5.78 Å². The molecule has 1 N–H and O–H groups in total. The molecular weight excluding hydrogens is 568 g/mol. The average molecular weight is 603 g/mol. The van der Waals surface area contributed by atoms with E-state index in [-0.39, 0.29) is 11.3 Å². The topological polar surface area (TPSA) is 107 Å². The summed E-state index contributed by atoms with van der Waals surface area (Å²) in [5, 5.41) is 11.9. The Balaban J connectivity index is 1.67. The van der Waals surface area contributed by atoms with Crippen molar-refractivity contribution in [2.24, 2.45) is 0 Å². The average Bonchev–Trinajstić information content (AvgIpc) is 3.56. The maximum atomic E-state index is 13.7. The van der Waals surface area contributed by atoms with E-state index in [4.69, 9.17) is 23.9 Å². The fourth-order valence-corrected chi connectivity index (χ4v) is 5.87. The Labute approximate surface area is 254 Å². The van der Waals surface area contributed by atoms with Crippen molar-refractivity contribution in [1.29, 1.82) is 0 Å². The van der Waals surface area contributed by atoms with Crippen LogP contribution in [0.25, 0.3) is 16.0 Å². The normalized spacial score (nSPS) is 16.1. The number of nitrogens with zero attached hydrogens (tertiary/aromatic N) is 2. The maximum absolute atomic E-state index is 13.7. The van der Waals surface area contributed by atoms with Gasteiger partial charge in [0.05, 0.1) is 48.8 Å². The van der Waals surface area contributed by atoms with Gasteiger partial charge >= 0.3 is 5.91 Å². The number of carbonyl (C=O) groups is 2. The number of anilines is 1. The van der Waals surface area contributed by atoms with Gasteiger partial charge in [0.1, 0.15) is 17.3 Å². The molecule has 224 valence electrons. The number of hydrogen-bond donors (Lipinski definition) is 1. The zero-order valence-corrected chi connectivity index (χ0v) is 25.4. The molecule has 1 atom stereocenters. The summed E-state index contributed by atoms with van der Waals surface area (Å²) in [6.45, 7) is 7.35. The van der Waals surface area contributed by atoms with Gasteiger partial charge in [-0.15, -0.1) is 0 Å². The first-order chi connectivity index (χ1) is 20.9. The summed E-state index contributed by atoms with van der Waals surface area (Å²) in [5.41, 5.74) is 1.55. The van der Waals surface area contributed by atoms with Crippen LogP contribution < -0.4 is 23.8 Å². The van der Waals surface area contributed by atoms with E-state index < -0.39 is 17.7 Å². The summed E-state index contributed by atoms with van der Waals surface area (Å²) in [6, 6.07) is 16.5. The number of ether oxygens (including phenoxy) is 4. The summed E-state index contributed by atoms with van der Waals surface area (Å²) in [6.07, 6.45) is 1.67. The SMILES string of the molecule is CCCOc1ccc(C(O)=C2C(=O)C(=O)N(c3nc4ccc(OC)cc4s3)C2c2ccc(OCCC)c(OCC)c2)cc1. The molecule has 1 amide bonds. The minimum Gasteiger partial charge on any atom is -0.507 e. The van der Waals surface area contributed by atoms with Crippen LogP contribution in [0.2, 0.25) is 0 Å². The number of rotatable bonds is 12. The monoisotopic (exact) mass is 602 g/mol. The second-order valence-electron chi connectivity index (χ2n) is 9.86. The first-order valence-corrected chi connectivity index (χ1v) is 15.1. The molecule has 1 saturated heterocycles. The predicted octanol–water partition coefficient (Wildman–Crippen LogP) is 6.91. The number of hydrogen-bond acceptors (Lipinski definition) is 9. The summed E-state index contributed by atoms with van der Waals surface area (Å²) in [5.74, 6) is 0.435. The number of aliphatic hydroxyl groups excluding tert-OH is 1. The van der Waals surface area contributed by atoms with Gasteiger partial charge in [-0.05, 0) is 79.9 Å². The highest BCUT2D eigenvalue weighted by Gasteiger charge is 2.48. The molecule has 5 rings (SSSR count). The van der Waals surface area contributed by atoms with Gasteiger partial charge in [-0.2, -0.15) is 0 Å². The Hall–Kier alpha value is -4.57. The van der Waals surface area contributed by atoms with E-state index in [1.54, 1.807) is 61.7 Å². The van der Waals surface area contributed by atoms with E-state index >= 15 is 0 Å². The van der Waals surface area contributed by atoms with Crippen LogP contribution in [-0.2, 0) is 9.59 Å². The number of thiazole rings is 1. The van der Waals surface area contributed by atoms with Crippen molar-refractivity contribution in [2.75, 3.05) is 31.8 Å². The van der Waals surface area contributed by atoms with E-state index in [9.17, 15) is 14.7 Å². The van der Waals surface area contributed by atoms with Crippen LogP contribution in [0.15, 0.2) is 66.2 Å². The Bertz CT molecular complexity index is 1660. The standard InChI is InChI=1S/C33H34N2O7S/c1-5-16-41-22-11-8-20(9-12-22)30(36)28-29(21-10-15-25(42-17-6-2)26(18-21)40-7-3)35(32(38)31(28)37)33-34-24-14-13-23(39-4)19-27(24)43-33/h8-15,18-19,29,36H,5-7,16-17H2,1-4H3. The molecule has 0 saturated carbocycles. The second-order valence-corrected chi connectivity index (χ2v) is 10.9. The van der Waals surface area contributed by atoms with E-state index in [1.165, 1.54) is 16.2 Å². The number of Topliss-reactive ketones (excluding diaryl/α,β-unsaturated/α-hetero) is 1. The van der Waals surface area contributed by atoms with Crippen LogP contribution in [0, 0.1) is 0 Å². The number of aliphatic hydroxyl groups is 1. The maximum Gasteiger partial charge on any atom is 0.301 e. The third-order valence-electron chi connectivity index (χ3n) is 6.88. The van der Waals surface area contributed by atoms with Gasteiger partial charge in [-0.1, -0.05) is 31.3 Å². The molecule has 2 heterocycles. The van der Waals surface area contributed by atoms with Gasteiger partial charge in [0.2, 0.25) is 0 Å². The third kappa shape index (κ3) is 6.01. The lowest BCUT2D eigenvalue weighted by Gasteiger charge is -2.24. The van der Waals surface area contributed by atoms with Gasteiger partial charge in [-0.3, -0.25) is 14.5 Å². The molecule has 1 aliphatic heterocycles. The molecule has 0 bridgehead atoms. The van der Waals surface area contributed by atoms with Crippen molar-refractivity contribution in [3.8, 4) is 23.0 Å². The molecule has 0 spiro atoms. The molecule has 3 aromatic carbocycles. The van der Waals surface area contributed by atoms with Crippen LogP contribution in [0.4, 0.5) is 5.13 Å². The number of fused-ring (bicyclic) bond motifs is 1. The quantitative estimate of drug-likeness (QED) is 0.106. The largest absolute Gasteiger partial charge is 0.507 e. The number of amides is 1. The van der Waals surface area contributed by atoms with Gasteiger partial charge < -0.3 is 24.1 Å². The zero-order valence-electron chi connectivity index (χ0n) is 24.6. The summed E-state index contributed by atoms with van der Waals surface area (Å²) in [7, 11) is 1.58. The first kappa shape index (κ1) is 29.9. The van der Waals surface area contributed by atoms with E-state index in [1.807, 2.05) is 26.8 Å². The van der Waals surface area contributed by atoms with E-state index in [2.05, 4.69) is 0 Å². The van der Waals surface area contributed by atoms with Crippen molar-refractivity contribution in [3.63, 3.8) is 0 Å². The number of aromatic nitrogens is 1. The predicted molar refractivity (Wildman–Crippen MR) is 167 cm³/mol. The lowest BCUT2D eigenvalue weighted by atomic mass is 9.95. The summed E-state index contributed by atoms with van der Waals surface area (Å²) in [4.78, 5) is 33.5. The minimum absolute atomic E-state index is 0.0475. The van der Waals surface area contributed by atoms with Crippen molar-refractivity contribution in [2.45, 2.75) is 39.7 Å². The third-order valence-corrected chi connectivity index (χ3v) is 7.90. The molecule has 1 aliphatic rings. The molecule has 9 nitrogen and oxygen atoms in total. The molecule has 43 heavy (non-hydrogen) atoms. The first-order valence-electron chi connectivity index (χ1n) is 14.3. The fraction of sp³-hybridized carbons (Fsp3) is 0.303. The Morgan fingerprint density at radius 1 is 0.884 bits per heavy atom. The lowest BCUT2D eigenvalue weighted by molar-refractivity contribution is -0.132. The van der Waals surface area contributed by atoms with Crippen LogP contribution in [0.5, 0.6) is 23.0 Å². The highest BCUT2D eigenvalue weighted by molar-refractivity contribution is 7.22. The number of ketones is 1. The van der Waals surface area contributed by atoms with Crippen LogP contribution in [-0.4, -0.2) is 48.7 Å².